The van der Waals surface area contributed by atoms with E-state index in [0.717, 1.165) is 49.5 Å². The molecular formula is C24H34FN7O2. The molecule has 1 aromatic carbocycles. The van der Waals surface area contributed by atoms with Crippen LogP contribution in [0.3, 0.4) is 0 Å². The average Bonchev–Trinajstić information content (AvgIpc) is 3.53. The maximum absolute atomic E-state index is 12.8. The highest BCUT2D eigenvalue weighted by atomic mass is 19.1. The number of nitrogens with two attached hydrogens (primary N) is 1. The summed E-state index contributed by atoms with van der Waals surface area (Å²) in [5.41, 5.74) is 5.93. The van der Waals surface area contributed by atoms with Gasteiger partial charge in [-0.3, -0.25) is 14.6 Å². The summed E-state index contributed by atoms with van der Waals surface area (Å²) in [6.07, 6.45) is 10.2. The Labute approximate surface area is 200 Å². The van der Waals surface area contributed by atoms with Gasteiger partial charge in [0.2, 0.25) is 12.2 Å². The number of rotatable bonds is 12. The van der Waals surface area contributed by atoms with E-state index in [1.807, 2.05) is 11.9 Å². The lowest BCUT2D eigenvalue weighted by Gasteiger charge is -2.26. The fourth-order valence-corrected chi connectivity index (χ4v) is 3.15. The molecule has 1 unspecified atom stereocenters. The van der Waals surface area contributed by atoms with Gasteiger partial charge in [-0.25, -0.2) is 14.1 Å². The third-order valence-electron chi connectivity index (χ3n) is 5.49. The molecule has 0 saturated heterocycles. The van der Waals surface area contributed by atoms with E-state index in [2.05, 4.69) is 34.9 Å². The van der Waals surface area contributed by atoms with E-state index in [0.29, 0.717) is 0 Å². The average molecular weight is 472 g/mol. The van der Waals surface area contributed by atoms with Crippen LogP contribution < -0.4 is 5.73 Å². The van der Waals surface area contributed by atoms with Crippen molar-refractivity contribution in [1.29, 1.82) is 0 Å². The molecule has 2 aromatic rings. The third kappa shape index (κ3) is 8.09. The van der Waals surface area contributed by atoms with E-state index in [1.54, 1.807) is 24.1 Å². The summed E-state index contributed by atoms with van der Waals surface area (Å²) in [6, 6.07) is 5.92. The lowest BCUT2D eigenvalue weighted by Crippen LogP contribution is -2.29. The number of carbonyl (C=O) groups excluding carboxylic acids is 2. The molecule has 0 bridgehead atoms. The lowest BCUT2D eigenvalue weighted by atomic mass is 10.1. The van der Waals surface area contributed by atoms with Gasteiger partial charge < -0.3 is 10.6 Å². The number of carbonyl (C=O) groups is 2. The van der Waals surface area contributed by atoms with Gasteiger partial charge >= 0.3 is 0 Å². The van der Waals surface area contributed by atoms with E-state index in [1.165, 1.54) is 36.0 Å². The van der Waals surface area contributed by atoms with Crippen molar-refractivity contribution in [3.8, 4) is 0 Å². The van der Waals surface area contributed by atoms with Crippen molar-refractivity contribution >= 4 is 19.0 Å². The van der Waals surface area contributed by atoms with Gasteiger partial charge in [-0.15, -0.1) is 5.10 Å². The number of hydrogen-bond acceptors (Lipinski definition) is 6. The molecule has 0 spiro atoms. The van der Waals surface area contributed by atoms with Crippen molar-refractivity contribution in [2.75, 3.05) is 13.6 Å². The number of hydrazone groups is 1. The smallest absolute Gasteiger partial charge is 0.288 e. The van der Waals surface area contributed by atoms with Gasteiger partial charge in [0.1, 0.15) is 18.0 Å². The number of nitrogens with zero attached hydrogens (tertiary/aromatic N) is 6. The maximum atomic E-state index is 12.8. The van der Waals surface area contributed by atoms with Gasteiger partial charge in [0.25, 0.3) is 5.91 Å². The fraction of sp³-hybridized carbons (Fsp3) is 0.458. The molecule has 1 heterocycles. The van der Waals surface area contributed by atoms with Crippen LogP contribution in [0.15, 0.2) is 47.6 Å². The lowest BCUT2D eigenvalue weighted by molar-refractivity contribution is -0.116. The van der Waals surface area contributed by atoms with Crippen LogP contribution in [-0.2, 0) is 4.79 Å². The van der Waals surface area contributed by atoms with Gasteiger partial charge in [-0.1, -0.05) is 25.5 Å². The number of amides is 2. The number of unbranched alkanes of at least 4 members (excludes halogenated alkanes) is 1. The first-order valence-corrected chi connectivity index (χ1v) is 11.4. The number of halogens is 1. The second-order valence-electron chi connectivity index (χ2n) is 8.22. The summed E-state index contributed by atoms with van der Waals surface area (Å²) in [6.45, 7) is 8.41. The van der Waals surface area contributed by atoms with E-state index in [9.17, 15) is 14.0 Å². The van der Waals surface area contributed by atoms with Crippen LogP contribution in [0.5, 0.6) is 0 Å². The normalized spacial score (nSPS) is 13.9. The zero-order chi connectivity index (χ0) is 25.1. The van der Waals surface area contributed by atoms with Gasteiger partial charge in [0.05, 0.1) is 6.04 Å². The minimum Gasteiger partial charge on any atom is -0.363 e. The quantitative estimate of drug-likeness (QED) is 0.289. The molecule has 1 aromatic heterocycles. The van der Waals surface area contributed by atoms with Gasteiger partial charge in [-0.05, 0) is 62.3 Å². The Balaban J connectivity index is 0.000000240. The van der Waals surface area contributed by atoms with E-state index < -0.39 is 5.91 Å². The van der Waals surface area contributed by atoms with Gasteiger partial charge in [-0.2, -0.15) is 5.10 Å². The Bertz CT molecular complexity index is 970. The molecule has 184 valence electrons. The second kappa shape index (κ2) is 13.2. The first kappa shape index (κ1) is 26.7. The van der Waals surface area contributed by atoms with E-state index in [4.69, 9.17) is 5.73 Å². The molecule has 0 radical (unpaired) electrons. The fourth-order valence-electron chi connectivity index (χ4n) is 3.15. The predicted octanol–water partition coefficient (Wildman–Crippen LogP) is 3.56. The van der Waals surface area contributed by atoms with E-state index >= 15 is 0 Å². The van der Waals surface area contributed by atoms with Crippen molar-refractivity contribution < 1.29 is 14.0 Å². The molecule has 1 aliphatic rings. The maximum Gasteiger partial charge on any atom is 0.288 e. The van der Waals surface area contributed by atoms with E-state index in [-0.39, 0.29) is 17.7 Å². The van der Waals surface area contributed by atoms with Crippen LogP contribution in [0.2, 0.25) is 0 Å². The Kier molecular flexibility index (Phi) is 10.4. The number of allylic oxidation sites excluding steroid dienone is 1. The molecule has 3 rings (SSSR count). The molecule has 1 aliphatic carbocycles. The highest BCUT2D eigenvalue weighted by molar-refractivity contribution is 5.88. The first-order chi connectivity index (χ1) is 16.3. The standard InChI is InChI=1S/C13H23N3O.C11H11FN4O/c1-4-5-10-16(14-2)13(15(3)11-17)9-8-12-6-7-12;1-7(8-2-4-9(12)5-3-8)16-6-14-11(15-16)10(13)17/h9,11-12H,2,4-8,10H2,1,3H3;2-7H,1H3,(H2,13,17)/b13-9-;. The summed E-state index contributed by atoms with van der Waals surface area (Å²) in [4.78, 5) is 27.1. The zero-order valence-electron chi connectivity index (χ0n) is 20.1. The summed E-state index contributed by atoms with van der Waals surface area (Å²) >= 11 is 0. The van der Waals surface area contributed by atoms with Crippen molar-refractivity contribution in [2.24, 2.45) is 16.8 Å². The third-order valence-corrected chi connectivity index (χ3v) is 5.49. The van der Waals surface area contributed by atoms with Crippen LogP contribution in [-0.4, -0.2) is 57.3 Å². The number of benzene rings is 1. The van der Waals surface area contributed by atoms with Crippen molar-refractivity contribution in [3.63, 3.8) is 0 Å². The van der Waals surface area contributed by atoms with Crippen LogP contribution in [0.4, 0.5) is 4.39 Å². The molecule has 1 atom stereocenters. The second-order valence-corrected chi connectivity index (χ2v) is 8.22. The molecule has 2 N–H and O–H groups in total. The van der Waals surface area contributed by atoms with Crippen molar-refractivity contribution in [3.05, 3.63) is 59.7 Å². The highest BCUT2D eigenvalue weighted by Gasteiger charge is 2.21. The van der Waals surface area contributed by atoms with Gasteiger partial charge in [0, 0.05) is 20.3 Å². The first-order valence-electron chi connectivity index (χ1n) is 11.4. The van der Waals surface area contributed by atoms with Crippen molar-refractivity contribution in [1.82, 2.24) is 24.7 Å². The summed E-state index contributed by atoms with van der Waals surface area (Å²) in [5, 5.41) is 9.77. The number of aromatic nitrogens is 3. The van der Waals surface area contributed by atoms with Crippen molar-refractivity contribution in [2.45, 2.75) is 52.0 Å². The molecule has 1 saturated carbocycles. The van der Waals surface area contributed by atoms with Crippen LogP contribution in [0.25, 0.3) is 0 Å². The molecule has 0 aliphatic heterocycles. The predicted molar refractivity (Wildman–Crippen MR) is 129 cm³/mol. The topological polar surface area (TPSA) is 110 Å². The molecule has 10 heteroatoms. The Morgan fingerprint density at radius 2 is 2.06 bits per heavy atom. The highest BCUT2D eigenvalue weighted by Crippen LogP contribution is 2.33. The Morgan fingerprint density at radius 3 is 2.56 bits per heavy atom. The monoisotopic (exact) mass is 471 g/mol. The summed E-state index contributed by atoms with van der Waals surface area (Å²) in [5.74, 6) is 0.671. The Hall–Kier alpha value is -3.56. The molecule has 9 nitrogen and oxygen atoms in total. The molecule has 34 heavy (non-hydrogen) atoms. The van der Waals surface area contributed by atoms with Gasteiger partial charge in [0.15, 0.2) is 0 Å². The number of hydrogen-bond donors (Lipinski definition) is 1. The summed E-state index contributed by atoms with van der Waals surface area (Å²) < 4.78 is 14.3. The van der Waals surface area contributed by atoms with Crippen LogP contribution >= 0.6 is 0 Å². The minimum atomic E-state index is -0.671. The number of primary amides is 1. The van der Waals surface area contributed by atoms with Crippen LogP contribution in [0.1, 0.15) is 68.2 Å². The largest absolute Gasteiger partial charge is 0.363 e. The zero-order valence-corrected chi connectivity index (χ0v) is 20.1. The summed E-state index contributed by atoms with van der Waals surface area (Å²) in [7, 11) is 1.76. The van der Waals surface area contributed by atoms with Crippen LogP contribution in [0, 0.1) is 11.7 Å². The Morgan fingerprint density at radius 1 is 1.38 bits per heavy atom. The minimum absolute atomic E-state index is 0.0287. The SMILES string of the molecule is C=NN(CCCC)/C(=C\CC1CC1)N(C)C=O.CC(c1ccc(F)cc1)n1cnc(C(N)=O)n1. The molecule has 1 fully saturated rings. The molecule has 2 amide bonds. The molecular weight excluding hydrogens is 437 g/mol.